The Morgan fingerprint density at radius 3 is 2.88 bits per heavy atom. The number of ether oxygens (including phenoxy) is 1. The maximum absolute atomic E-state index is 5.74. The van der Waals surface area contributed by atoms with Crippen LogP contribution in [0.1, 0.15) is 13.8 Å². The molecule has 0 aliphatic rings. The Labute approximate surface area is 101 Å². The molecule has 1 aromatic carbocycles. The summed E-state index contributed by atoms with van der Waals surface area (Å²) in [7, 11) is 0. The lowest BCUT2D eigenvalue weighted by Gasteiger charge is -2.08. The van der Waals surface area contributed by atoms with Gasteiger partial charge in [-0.25, -0.2) is 4.98 Å². The first kappa shape index (κ1) is 11.5. The molecule has 0 saturated heterocycles. The fraction of sp³-hybridized carbons (Fsp3) is 0.214. The zero-order chi connectivity index (χ0) is 12.1. The molecule has 2 aromatic rings. The van der Waals surface area contributed by atoms with Crippen LogP contribution in [0.25, 0.3) is 11.4 Å². The van der Waals surface area contributed by atoms with Gasteiger partial charge in [0.1, 0.15) is 18.2 Å². The van der Waals surface area contributed by atoms with E-state index in [0.717, 1.165) is 17.1 Å². The molecule has 0 amide bonds. The van der Waals surface area contributed by atoms with Crippen molar-refractivity contribution >= 4 is 0 Å². The predicted octanol–water partition coefficient (Wildman–Crippen LogP) is 3.42. The molecule has 0 atom stereocenters. The van der Waals surface area contributed by atoms with Gasteiger partial charge in [0, 0.05) is 12.4 Å². The van der Waals surface area contributed by atoms with E-state index < -0.39 is 0 Å². The number of aromatic nitrogens is 2. The van der Waals surface area contributed by atoms with Crippen molar-refractivity contribution < 1.29 is 4.74 Å². The van der Waals surface area contributed by atoms with E-state index in [-0.39, 0.29) is 0 Å². The Morgan fingerprint density at radius 2 is 2.18 bits per heavy atom. The van der Waals surface area contributed by atoms with Crippen LogP contribution in [0.15, 0.2) is 48.3 Å². The summed E-state index contributed by atoms with van der Waals surface area (Å²) >= 11 is 0. The molecule has 3 nitrogen and oxygen atoms in total. The fourth-order valence-electron chi connectivity index (χ4n) is 1.50. The smallest absolute Gasteiger partial charge is 0.141 e. The third-order valence-electron chi connectivity index (χ3n) is 2.37. The number of aromatic amines is 1. The van der Waals surface area contributed by atoms with Crippen molar-refractivity contribution in [2.24, 2.45) is 0 Å². The van der Waals surface area contributed by atoms with Crippen LogP contribution in [0.2, 0.25) is 0 Å². The van der Waals surface area contributed by atoms with Crippen molar-refractivity contribution in [3.05, 3.63) is 48.3 Å². The highest BCUT2D eigenvalue weighted by atomic mass is 16.5. The summed E-state index contributed by atoms with van der Waals surface area (Å²) in [6.07, 6.45) is 5.60. The largest absolute Gasteiger partial charge is 0.489 e. The van der Waals surface area contributed by atoms with Gasteiger partial charge in [-0.15, -0.1) is 0 Å². The molecule has 0 aliphatic heterocycles. The van der Waals surface area contributed by atoms with Crippen LogP contribution in [0, 0.1) is 0 Å². The molecule has 1 heterocycles. The van der Waals surface area contributed by atoms with E-state index in [1.165, 1.54) is 5.57 Å². The molecule has 1 N–H and O–H groups in total. The van der Waals surface area contributed by atoms with Gasteiger partial charge in [-0.05, 0) is 32.1 Å². The van der Waals surface area contributed by atoms with Crippen molar-refractivity contribution in [1.82, 2.24) is 9.97 Å². The second-order valence-corrected chi connectivity index (χ2v) is 4.03. The lowest BCUT2D eigenvalue weighted by molar-refractivity contribution is 0.363. The van der Waals surface area contributed by atoms with Crippen LogP contribution in [-0.4, -0.2) is 16.6 Å². The highest BCUT2D eigenvalue weighted by Gasteiger charge is 2.06. The second-order valence-electron chi connectivity index (χ2n) is 4.03. The minimum absolute atomic E-state index is 0.583. The molecule has 0 fully saturated rings. The standard InChI is InChI=1S/C14H16N2O/c1-11(2)7-10-17-13-6-4-3-5-12(13)14-15-8-9-16-14/h3-9H,10H2,1-2H3,(H,15,16). The van der Waals surface area contributed by atoms with Crippen molar-refractivity contribution in [3.63, 3.8) is 0 Å². The van der Waals surface area contributed by atoms with E-state index in [0.29, 0.717) is 6.61 Å². The number of hydrogen-bond donors (Lipinski definition) is 1. The minimum atomic E-state index is 0.583. The fourth-order valence-corrected chi connectivity index (χ4v) is 1.50. The second kappa shape index (κ2) is 5.34. The number of benzene rings is 1. The Kier molecular flexibility index (Phi) is 3.60. The van der Waals surface area contributed by atoms with Gasteiger partial charge in [0.2, 0.25) is 0 Å². The molecule has 0 aliphatic carbocycles. The molecular formula is C14H16N2O. The van der Waals surface area contributed by atoms with Crippen molar-refractivity contribution in [1.29, 1.82) is 0 Å². The van der Waals surface area contributed by atoms with Crippen LogP contribution in [0.5, 0.6) is 5.75 Å². The summed E-state index contributed by atoms with van der Waals surface area (Å²) in [5, 5.41) is 0. The summed E-state index contributed by atoms with van der Waals surface area (Å²) in [5.41, 5.74) is 2.24. The Balaban J connectivity index is 2.20. The molecule has 0 spiro atoms. The average molecular weight is 228 g/mol. The molecule has 1 aromatic heterocycles. The zero-order valence-corrected chi connectivity index (χ0v) is 10.1. The van der Waals surface area contributed by atoms with Gasteiger partial charge in [0.15, 0.2) is 0 Å². The van der Waals surface area contributed by atoms with Gasteiger partial charge in [0.05, 0.1) is 5.56 Å². The SMILES string of the molecule is CC(C)=CCOc1ccccc1-c1ncc[nH]1. The van der Waals surface area contributed by atoms with Gasteiger partial charge in [-0.3, -0.25) is 0 Å². The van der Waals surface area contributed by atoms with E-state index in [4.69, 9.17) is 4.74 Å². The molecule has 2 rings (SSSR count). The maximum atomic E-state index is 5.74. The van der Waals surface area contributed by atoms with E-state index in [2.05, 4.69) is 29.9 Å². The van der Waals surface area contributed by atoms with Crippen LogP contribution >= 0.6 is 0 Å². The summed E-state index contributed by atoms with van der Waals surface area (Å²) in [6, 6.07) is 7.89. The van der Waals surface area contributed by atoms with Crippen molar-refractivity contribution in [2.45, 2.75) is 13.8 Å². The number of nitrogens with zero attached hydrogens (tertiary/aromatic N) is 1. The highest BCUT2D eigenvalue weighted by Crippen LogP contribution is 2.26. The molecule has 3 heteroatoms. The Hall–Kier alpha value is -2.03. The van der Waals surface area contributed by atoms with Gasteiger partial charge >= 0.3 is 0 Å². The third kappa shape index (κ3) is 2.97. The molecule has 0 saturated carbocycles. The number of allylic oxidation sites excluding steroid dienone is 1. The highest BCUT2D eigenvalue weighted by molar-refractivity contribution is 5.63. The maximum Gasteiger partial charge on any atom is 0.141 e. The van der Waals surface area contributed by atoms with Crippen LogP contribution in [-0.2, 0) is 0 Å². The number of hydrogen-bond acceptors (Lipinski definition) is 2. The molecular weight excluding hydrogens is 212 g/mol. The number of para-hydroxylation sites is 1. The Morgan fingerprint density at radius 1 is 1.35 bits per heavy atom. The number of rotatable bonds is 4. The number of nitrogens with one attached hydrogen (secondary N) is 1. The van der Waals surface area contributed by atoms with Gasteiger partial charge in [-0.2, -0.15) is 0 Å². The van der Waals surface area contributed by atoms with Gasteiger partial charge < -0.3 is 9.72 Å². The topological polar surface area (TPSA) is 37.9 Å². The third-order valence-corrected chi connectivity index (χ3v) is 2.37. The predicted molar refractivity (Wildman–Crippen MR) is 68.9 cm³/mol. The van der Waals surface area contributed by atoms with Gasteiger partial charge in [0.25, 0.3) is 0 Å². The van der Waals surface area contributed by atoms with Crippen LogP contribution in [0.3, 0.4) is 0 Å². The van der Waals surface area contributed by atoms with E-state index in [1.54, 1.807) is 6.20 Å². The monoisotopic (exact) mass is 228 g/mol. The lowest BCUT2D eigenvalue weighted by Crippen LogP contribution is -1.96. The van der Waals surface area contributed by atoms with E-state index in [1.807, 2.05) is 30.5 Å². The van der Waals surface area contributed by atoms with Crippen molar-refractivity contribution in [3.8, 4) is 17.1 Å². The molecule has 17 heavy (non-hydrogen) atoms. The first-order valence-corrected chi connectivity index (χ1v) is 5.62. The number of imidazole rings is 1. The summed E-state index contributed by atoms with van der Waals surface area (Å²) in [4.78, 5) is 7.33. The molecule has 0 unspecified atom stereocenters. The lowest BCUT2D eigenvalue weighted by atomic mass is 10.2. The molecule has 0 bridgehead atoms. The first-order valence-electron chi connectivity index (χ1n) is 5.62. The van der Waals surface area contributed by atoms with E-state index in [9.17, 15) is 0 Å². The van der Waals surface area contributed by atoms with Crippen LogP contribution in [0.4, 0.5) is 0 Å². The van der Waals surface area contributed by atoms with Crippen molar-refractivity contribution in [2.75, 3.05) is 6.61 Å². The molecule has 88 valence electrons. The average Bonchev–Trinajstić information content (AvgIpc) is 2.82. The summed E-state index contributed by atoms with van der Waals surface area (Å²) < 4.78 is 5.74. The summed E-state index contributed by atoms with van der Waals surface area (Å²) in [5.74, 6) is 1.68. The summed E-state index contributed by atoms with van der Waals surface area (Å²) in [6.45, 7) is 4.70. The van der Waals surface area contributed by atoms with Gasteiger partial charge in [-0.1, -0.05) is 17.7 Å². The van der Waals surface area contributed by atoms with Crippen LogP contribution < -0.4 is 4.74 Å². The first-order chi connectivity index (χ1) is 8.27. The Bertz CT molecular complexity index is 497. The normalized spacial score (nSPS) is 10.0. The zero-order valence-electron chi connectivity index (χ0n) is 10.1. The molecule has 0 radical (unpaired) electrons. The quantitative estimate of drug-likeness (QED) is 0.814. The minimum Gasteiger partial charge on any atom is -0.489 e. The van der Waals surface area contributed by atoms with E-state index >= 15 is 0 Å². The number of H-pyrrole nitrogens is 1.